The largest absolute Gasteiger partial charge is 0.490 e. The third-order valence-corrected chi connectivity index (χ3v) is 8.29. The minimum absolute atomic E-state index is 0.139. The number of fused-ring (bicyclic) bond motifs is 1. The highest BCUT2D eigenvalue weighted by Crippen LogP contribution is 2.46. The first kappa shape index (κ1) is 27.0. The standard InChI is InChI=1S/C30H35ClO7/c1-5-26-16(2)27(35-17(3)32)30(36-18(4)33)28(38-26)20-8-11-25(31)21(13-20)12-19-6-9-22(10-7-19)37-29-23-14-34-15-24(23)29/h6-11,13,16,23-24,26-30H,5,12,14-15H2,1-4H3/t16-,23?,24?,26-,27+,28?,29?,30-/m1/s1. The topological polar surface area (TPSA) is 80.3 Å². The molecule has 38 heavy (non-hydrogen) atoms. The molecule has 2 aliphatic heterocycles. The number of esters is 2. The summed E-state index contributed by atoms with van der Waals surface area (Å²) in [5.41, 5.74) is 2.84. The maximum atomic E-state index is 12.0. The number of halogens is 1. The predicted molar refractivity (Wildman–Crippen MR) is 141 cm³/mol. The van der Waals surface area contributed by atoms with Gasteiger partial charge in [-0.3, -0.25) is 9.59 Å². The van der Waals surface area contributed by atoms with E-state index in [0.717, 1.165) is 42.1 Å². The molecule has 2 saturated heterocycles. The van der Waals surface area contributed by atoms with Crippen LogP contribution in [0.3, 0.4) is 0 Å². The van der Waals surface area contributed by atoms with Gasteiger partial charge in [0.1, 0.15) is 24.1 Å². The van der Waals surface area contributed by atoms with E-state index < -0.39 is 30.3 Å². The van der Waals surface area contributed by atoms with Crippen molar-refractivity contribution in [3.63, 3.8) is 0 Å². The Morgan fingerprint density at radius 2 is 1.61 bits per heavy atom. The van der Waals surface area contributed by atoms with Crippen LogP contribution in [0.5, 0.6) is 5.75 Å². The molecule has 1 aliphatic carbocycles. The summed E-state index contributed by atoms with van der Waals surface area (Å²) in [6.45, 7) is 8.29. The van der Waals surface area contributed by atoms with E-state index in [-0.39, 0.29) is 18.1 Å². The third-order valence-electron chi connectivity index (χ3n) is 7.92. The molecular formula is C30H35ClO7. The highest BCUT2D eigenvalue weighted by molar-refractivity contribution is 6.31. The molecule has 7 nitrogen and oxygen atoms in total. The zero-order valence-corrected chi connectivity index (χ0v) is 23.0. The van der Waals surface area contributed by atoms with Gasteiger partial charge in [0.25, 0.3) is 0 Å². The Hall–Kier alpha value is -2.61. The van der Waals surface area contributed by atoms with Crippen LogP contribution in [0.25, 0.3) is 0 Å². The Labute approximate surface area is 228 Å². The minimum Gasteiger partial charge on any atom is -0.490 e. The number of hydrogen-bond donors (Lipinski definition) is 0. The fourth-order valence-electron chi connectivity index (χ4n) is 5.83. The summed E-state index contributed by atoms with van der Waals surface area (Å²) in [7, 11) is 0. The summed E-state index contributed by atoms with van der Waals surface area (Å²) in [4.78, 5) is 24.0. The number of rotatable bonds is 8. The molecule has 0 N–H and O–H groups in total. The first-order valence-corrected chi connectivity index (χ1v) is 13.7. The van der Waals surface area contributed by atoms with Crippen LogP contribution in [0.1, 0.15) is 56.9 Å². The normalized spacial score (nSPS) is 31.8. The monoisotopic (exact) mass is 542 g/mol. The van der Waals surface area contributed by atoms with E-state index in [1.165, 1.54) is 13.8 Å². The van der Waals surface area contributed by atoms with Crippen LogP contribution >= 0.6 is 11.6 Å². The zero-order chi connectivity index (χ0) is 27.0. The maximum absolute atomic E-state index is 12.0. The Kier molecular flexibility index (Phi) is 7.98. The van der Waals surface area contributed by atoms with Crippen molar-refractivity contribution in [1.82, 2.24) is 0 Å². The summed E-state index contributed by atoms with van der Waals surface area (Å²) < 4.78 is 29.4. The van der Waals surface area contributed by atoms with Crippen molar-refractivity contribution in [3.8, 4) is 5.75 Å². The van der Waals surface area contributed by atoms with Crippen molar-refractivity contribution < 1.29 is 33.3 Å². The van der Waals surface area contributed by atoms with Crippen LogP contribution in [0, 0.1) is 17.8 Å². The predicted octanol–water partition coefficient (Wildman–Crippen LogP) is 5.30. The van der Waals surface area contributed by atoms with Crippen molar-refractivity contribution in [2.24, 2.45) is 17.8 Å². The lowest BCUT2D eigenvalue weighted by molar-refractivity contribution is -0.225. The molecule has 0 radical (unpaired) electrons. The van der Waals surface area contributed by atoms with E-state index in [2.05, 4.69) is 12.1 Å². The molecule has 3 unspecified atom stereocenters. The molecule has 3 fully saturated rings. The van der Waals surface area contributed by atoms with Gasteiger partial charge in [-0.2, -0.15) is 0 Å². The second-order valence-corrected chi connectivity index (χ2v) is 11.0. The Morgan fingerprint density at radius 1 is 0.947 bits per heavy atom. The van der Waals surface area contributed by atoms with Crippen molar-refractivity contribution in [2.75, 3.05) is 13.2 Å². The zero-order valence-electron chi connectivity index (χ0n) is 22.2. The molecule has 0 bridgehead atoms. The minimum atomic E-state index is -0.771. The molecule has 8 heteroatoms. The maximum Gasteiger partial charge on any atom is 0.303 e. The fourth-order valence-corrected chi connectivity index (χ4v) is 6.01. The van der Waals surface area contributed by atoms with E-state index in [0.29, 0.717) is 23.3 Å². The third kappa shape index (κ3) is 5.70. The van der Waals surface area contributed by atoms with Crippen LogP contribution in [0.15, 0.2) is 42.5 Å². The number of hydrogen-bond acceptors (Lipinski definition) is 7. The molecule has 204 valence electrons. The number of ether oxygens (including phenoxy) is 5. The van der Waals surface area contributed by atoms with Crippen LogP contribution in [0.4, 0.5) is 0 Å². The van der Waals surface area contributed by atoms with E-state index in [1.807, 2.05) is 44.2 Å². The highest BCUT2D eigenvalue weighted by atomic mass is 35.5. The van der Waals surface area contributed by atoms with Gasteiger partial charge in [-0.15, -0.1) is 0 Å². The van der Waals surface area contributed by atoms with Crippen molar-refractivity contribution in [3.05, 3.63) is 64.2 Å². The van der Waals surface area contributed by atoms with Gasteiger partial charge in [0.05, 0.1) is 19.3 Å². The van der Waals surface area contributed by atoms with Crippen LogP contribution in [-0.4, -0.2) is 49.6 Å². The molecule has 2 heterocycles. The molecule has 0 amide bonds. The number of benzene rings is 2. The first-order valence-electron chi connectivity index (χ1n) is 13.4. The van der Waals surface area contributed by atoms with E-state index in [9.17, 15) is 9.59 Å². The fraction of sp³-hybridized carbons (Fsp3) is 0.533. The average Bonchev–Trinajstić information content (AvgIpc) is 3.28. The molecular weight excluding hydrogens is 508 g/mol. The van der Waals surface area contributed by atoms with Crippen molar-refractivity contribution in [2.45, 2.75) is 71.1 Å². The summed E-state index contributed by atoms with van der Waals surface area (Å²) in [6, 6.07) is 13.8. The van der Waals surface area contributed by atoms with E-state index in [4.69, 9.17) is 35.3 Å². The number of carbonyl (C=O) groups excluding carboxylic acids is 2. The number of carbonyl (C=O) groups is 2. The summed E-state index contributed by atoms with van der Waals surface area (Å²) in [5.74, 6) is 0.914. The molecule has 3 aliphatic rings. The van der Waals surface area contributed by atoms with Crippen LogP contribution < -0.4 is 4.74 Å². The molecule has 0 spiro atoms. The van der Waals surface area contributed by atoms with Gasteiger partial charge in [0, 0.05) is 36.6 Å². The Balaban J connectivity index is 1.35. The Bertz CT molecular complexity index is 1160. The smallest absolute Gasteiger partial charge is 0.303 e. The van der Waals surface area contributed by atoms with Gasteiger partial charge in [-0.25, -0.2) is 0 Å². The quantitative estimate of drug-likeness (QED) is 0.418. The van der Waals surface area contributed by atoms with Crippen LogP contribution in [0.2, 0.25) is 5.02 Å². The molecule has 0 aromatic heterocycles. The summed E-state index contributed by atoms with van der Waals surface area (Å²) in [6.07, 6.45) is -0.546. The van der Waals surface area contributed by atoms with Crippen LogP contribution in [-0.2, 0) is 35.0 Å². The molecule has 7 atom stereocenters. The lowest BCUT2D eigenvalue weighted by Crippen LogP contribution is -2.52. The molecule has 1 saturated carbocycles. The average molecular weight is 543 g/mol. The van der Waals surface area contributed by atoms with Gasteiger partial charge < -0.3 is 23.7 Å². The second kappa shape index (κ2) is 11.2. The first-order chi connectivity index (χ1) is 18.2. The van der Waals surface area contributed by atoms with Gasteiger partial charge in [-0.05, 0) is 47.7 Å². The lowest BCUT2D eigenvalue weighted by Gasteiger charge is -2.44. The molecule has 5 rings (SSSR count). The summed E-state index contributed by atoms with van der Waals surface area (Å²) in [5, 5.41) is 0.636. The second-order valence-electron chi connectivity index (χ2n) is 10.6. The highest BCUT2D eigenvalue weighted by Gasteiger charge is 2.56. The van der Waals surface area contributed by atoms with E-state index in [1.54, 1.807) is 0 Å². The SMILES string of the molecule is CC[C@H]1OC(c2ccc(Cl)c(Cc3ccc(OC4C5COCC54)cc3)c2)[C@H](OC(C)=O)[C@@H](OC(C)=O)[C@@H]1C. The molecule has 2 aromatic rings. The van der Waals surface area contributed by atoms with Gasteiger partial charge in [0.2, 0.25) is 0 Å². The van der Waals surface area contributed by atoms with Gasteiger partial charge in [0.15, 0.2) is 6.10 Å². The molecule has 2 aromatic carbocycles. The van der Waals surface area contributed by atoms with Crippen molar-refractivity contribution >= 4 is 23.5 Å². The lowest BCUT2D eigenvalue weighted by atomic mass is 9.84. The van der Waals surface area contributed by atoms with Crippen molar-refractivity contribution in [1.29, 1.82) is 0 Å². The Morgan fingerprint density at radius 3 is 2.24 bits per heavy atom. The van der Waals surface area contributed by atoms with Gasteiger partial charge >= 0.3 is 11.9 Å². The summed E-state index contributed by atoms with van der Waals surface area (Å²) >= 11 is 6.61. The van der Waals surface area contributed by atoms with E-state index >= 15 is 0 Å². The van der Waals surface area contributed by atoms with Gasteiger partial charge in [-0.1, -0.05) is 49.7 Å².